The Morgan fingerprint density at radius 3 is 1.82 bits per heavy atom. The van der Waals surface area contributed by atoms with Crippen LogP contribution in [-0.4, -0.2) is 11.8 Å². The monoisotopic (exact) mass is 366 g/mol. The van der Waals surface area contributed by atoms with Crippen molar-refractivity contribution in [2.75, 3.05) is 10.6 Å². The van der Waals surface area contributed by atoms with E-state index in [1.165, 1.54) is 0 Å². The van der Waals surface area contributed by atoms with E-state index in [2.05, 4.69) is 10.6 Å². The summed E-state index contributed by atoms with van der Waals surface area (Å²) in [5.41, 5.74) is 2.64. The maximum Gasteiger partial charge on any atom is 0.255 e. The first-order chi connectivity index (χ1) is 13.7. The van der Waals surface area contributed by atoms with Crippen molar-refractivity contribution in [2.45, 2.75) is 0 Å². The molecule has 4 nitrogen and oxygen atoms in total. The second-order valence-corrected chi connectivity index (χ2v) is 6.38. The van der Waals surface area contributed by atoms with Crippen LogP contribution in [0.2, 0.25) is 0 Å². The first-order valence-electron chi connectivity index (χ1n) is 8.96. The lowest BCUT2D eigenvalue weighted by molar-refractivity contribution is 0.101. The van der Waals surface area contributed by atoms with E-state index in [1.807, 2.05) is 72.8 Å². The molecule has 0 heterocycles. The van der Waals surface area contributed by atoms with E-state index in [9.17, 15) is 9.59 Å². The topological polar surface area (TPSA) is 58.2 Å². The molecule has 0 aliphatic carbocycles. The van der Waals surface area contributed by atoms with Crippen molar-refractivity contribution in [2.24, 2.45) is 0 Å². The summed E-state index contributed by atoms with van der Waals surface area (Å²) in [5, 5.41) is 7.71. The lowest BCUT2D eigenvalue weighted by atomic mass is 10.1. The van der Waals surface area contributed by atoms with Crippen LogP contribution in [0, 0.1) is 0 Å². The third-order valence-electron chi connectivity index (χ3n) is 4.46. The van der Waals surface area contributed by atoms with E-state index >= 15 is 0 Å². The normalized spacial score (nSPS) is 10.4. The second-order valence-electron chi connectivity index (χ2n) is 6.38. The highest BCUT2D eigenvalue weighted by molar-refractivity contribution is 6.10. The number of hydrogen-bond acceptors (Lipinski definition) is 2. The Hall–Kier alpha value is -3.92. The smallest absolute Gasteiger partial charge is 0.255 e. The zero-order chi connectivity index (χ0) is 19.3. The van der Waals surface area contributed by atoms with Crippen LogP contribution >= 0.6 is 0 Å². The number of amides is 2. The summed E-state index contributed by atoms with van der Waals surface area (Å²) >= 11 is 0. The second kappa shape index (κ2) is 7.76. The lowest BCUT2D eigenvalue weighted by Crippen LogP contribution is -2.12. The van der Waals surface area contributed by atoms with Crippen molar-refractivity contribution in [3.05, 3.63) is 108 Å². The molecule has 2 amide bonds. The number of carbonyl (C=O) groups excluding carboxylic acids is 2. The van der Waals surface area contributed by atoms with Gasteiger partial charge in [0.2, 0.25) is 0 Å². The van der Waals surface area contributed by atoms with Gasteiger partial charge in [-0.3, -0.25) is 9.59 Å². The van der Waals surface area contributed by atoms with E-state index < -0.39 is 0 Å². The van der Waals surface area contributed by atoms with Gasteiger partial charge in [0.05, 0.1) is 0 Å². The zero-order valence-electron chi connectivity index (χ0n) is 15.1. The maximum atomic E-state index is 12.5. The van der Waals surface area contributed by atoms with Gasteiger partial charge < -0.3 is 10.6 Å². The Morgan fingerprint density at radius 2 is 1.18 bits per heavy atom. The number of anilines is 2. The molecule has 28 heavy (non-hydrogen) atoms. The van der Waals surface area contributed by atoms with Crippen LogP contribution in [-0.2, 0) is 0 Å². The molecule has 0 aliphatic rings. The SMILES string of the molecule is O=C(Nc1ccc2c(NC(=O)c3ccccc3)cccc2c1)c1ccccc1. The molecule has 4 aromatic carbocycles. The van der Waals surface area contributed by atoms with Crippen LogP contribution in [0.4, 0.5) is 11.4 Å². The highest BCUT2D eigenvalue weighted by Gasteiger charge is 2.10. The first kappa shape index (κ1) is 17.5. The molecule has 4 rings (SSSR count). The Kier molecular flexibility index (Phi) is 4.85. The molecule has 4 heteroatoms. The van der Waals surface area contributed by atoms with Gasteiger partial charge in [0.1, 0.15) is 0 Å². The third kappa shape index (κ3) is 3.76. The maximum absolute atomic E-state index is 12.5. The molecule has 0 aromatic heterocycles. The molecule has 0 bridgehead atoms. The average molecular weight is 366 g/mol. The summed E-state index contributed by atoms with van der Waals surface area (Å²) in [7, 11) is 0. The largest absolute Gasteiger partial charge is 0.322 e. The van der Waals surface area contributed by atoms with Crippen LogP contribution in [0.15, 0.2) is 97.1 Å². The summed E-state index contributed by atoms with van der Waals surface area (Å²) < 4.78 is 0. The molecule has 0 aliphatic heterocycles. The van der Waals surface area contributed by atoms with Gasteiger partial charge in [-0.25, -0.2) is 0 Å². The van der Waals surface area contributed by atoms with Gasteiger partial charge in [-0.1, -0.05) is 54.6 Å². The van der Waals surface area contributed by atoms with Crippen LogP contribution in [0.1, 0.15) is 20.7 Å². The Balaban J connectivity index is 1.58. The summed E-state index contributed by atoms with van der Waals surface area (Å²) in [6, 6.07) is 29.5. The molecule has 2 N–H and O–H groups in total. The van der Waals surface area contributed by atoms with Crippen molar-refractivity contribution in [3.63, 3.8) is 0 Å². The number of benzene rings is 4. The minimum absolute atomic E-state index is 0.158. The molecule has 0 spiro atoms. The summed E-state index contributed by atoms with van der Waals surface area (Å²) in [6.07, 6.45) is 0. The number of hydrogen-bond donors (Lipinski definition) is 2. The van der Waals surface area contributed by atoms with E-state index in [-0.39, 0.29) is 11.8 Å². The van der Waals surface area contributed by atoms with Crippen LogP contribution in [0.25, 0.3) is 10.8 Å². The number of fused-ring (bicyclic) bond motifs is 1. The zero-order valence-corrected chi connectivity index (χ0v) is 15.1. The van der Waals surface area contributed by atoms with Gasteiger partial charge in [0.15, 0.2) is 0 Å². The van der Waals surface area contributed by atoms with Crippen molar-refractivity contribution < 1.29 is 9.59 Å². The third-order valence-corrected chi connectivity index (χ3v) is 4.46. The van der Waals surface area contributed by atoms with Crippen LogP contribution in [0.3, 0.4) is 0 Å². The van der Waals surface area contributed by atoms with Crippen molar-refractivity contribution in [1.82, 2.24) is 0 Å². The first-order valence-corrected chi connectivity index (χ1v) is 8.96. The van der Waals surface area contributed by atoms with E-state index in [4.69, 9.17) is 0 Å². The molecule has 0 radical (unpaired) electrons. The summed E-state index contributed by atoms with van der Waals surface area (Å²) in [6.45, 7) is 0. The van der Waals surface area contributed by atoms with Crippen molar-refractivity contribution >= 4 is 34.0 Å². The van der Waals surface area contributed by atoms with E-state index in [0.29, 0.717) is 16.8 Å². The quantitative estimate of drug-likeness (QED) is 0.512. The Labute approximate surface area is 162 Å². The minimum atomic E-state index is -0.159. The fourth-order valence-corrected chi connectivity index (χ4v) is 3.05. The van der Waals surface area contributed by atoms with Gasteiger partial charge in [-0.15, -0.1) is 0 Å². The summed E-state index contributed by atoms with van der Waals surface area (Å²) in [4.78, 5) is 24.8. The molecule has 0 unspecified atom stereocenters. The molecule has 0 atom stereocenters. The highest BCUT2D eigenvalue weighted by atomic mass is 16.2. The molecular weight excluding hydrogens is 348 g/mol. The fourth-order valence-electron chi connectivity index (χ4n) is 3.05. The molecule has 0 saturated carbocycles. The summed E-state index contributed by atoms with van der Waals surface area (Å²) in [5.74, 6) is -0.317. The van der Waals surface area contributed by atoms with Crippen molar-refractivity contribution in [3.8, 4) is 0 Å². The van der Waals surface area contributed by atoms with E-state index in [0.717, 1.165) is 16.5 Å². The number of carbonyl (C=O) groups is 2. The molecule has 136 valence electrons. The van der Waals surface area contributed by atoms with Gasteiger partial charge >= 0.3 is 0 Å². The average Bonchev–Trinajstić information content (AvgIpc) is 2.75. The molecular formula is C24H18N2O2. The van der Waals surface area contributed by atoms with Gasteiger partial charge in [0, 0.05) is 27.9 Å². The molecule has 0 saturated heterocycles. The van der Waals surface area contributed by atoms with Gasteiger partial charge in [-0.2, -0.15) is 0 Å². The molecule has 0 fully saturated rings. The van der Waals surface area contributed by atoms with Crippen LogP contribution in [0.5, 0.6) is 0 Å². The number of nitrogens with one attached hydrogen (secondary N) is 2. The lowest BCUT2D eigenvalue weighted by Gasteiger charge is -2.11. The molecule has 4 aromatic rings. The van der Waals surface area contributed by atoms with Gasteiger partial charge in [-0.05, 0) is 47.9 Å². The van der Waals surface area contributed by atoms with Gasteiger partial charge in [0.25, 0.3) is 11.8 Å². The number of rotatable bonds is 4. The Bertz CT molecular complexity index is 1140. The van der Waals surface area contributed by atoms with E-state index in [1.54, 1.807) is 24.3 Å². The predicted molar refractivity (Wildman–Crippen MR) is 113 cm³/mol. The Morgan fingerprint density at radius 1 is 0.571 bits per heavy atom. The predicted octanol–water partition coefficient (Wildman–Crippen LogP) is 5.34. The van der Waals surface area contributed by atoms with Crippen LogP contribution < -0.4 is 10.6 Å². The standard InChI is InChI=1S/C24H18N2O2/c27-23(17-8-3-1-4-9-17)25-20-14-15-21-19(16-20)12-7-13-22(21)26-24(28)18-10-5-2-6-11-18/h1-16H,(H,25,27)(H,26,28). The fraction of sp³-hybridized carbons (Fsp3) is 0. The van der Waals surface area contributed by atoms with Crippen molar-refractivity contribution in [1.29, 1.82) is 0 Å². The minimum Gasteiger partial charge on any atom is -0.322 e. The highest BCUT2D eigenvalue weighted by Crippen LogP contribution is 2.27.